The Hall–Kier alpha value is -1.85. The number of nitrogens with two attached hydrogens (primary N) is 1. The van der Waals surface area contributed by atoms with Gasteiger partial charge in [-0.2, -0.15) is 0 Å². The van der Waals surface area contributed by atoms with Crippen LogP contribution in [0.5, 0.6) is 0 Å². The number of aromatic nitrogens is 2. The van der Waals surface area contributed by atoms with Gasteiger partial charge in [0, 0.05) is 29.2 Å². The highest BCUT2D eigenvalue weighted by Crippen LogP contribution is 2.26. The maximum atomic E-state index is 6.22. The molecular weight excluding hydrogens is 391 g/mol. The van der Waals surface area contributed by atoms with Crippen molar-refractivity contribution in [1.29, 1.82) is 0 Å². The second kappa shape index (κ2) is 8.23. The summed E-state index contributed by atoms with van der Waals surface area (Å²) < 4.78 is 0. The van der Waals surface area contributed by atoms with Crippen molar-refractivity contribution in [1.82, 2.24) is 9.97 Å². The first-order chi connectivity index (χ1) is 12.4. The molecule has 0 fully saturated rings. The molecule has 0 aliphatic rings. The van der Waals surface area contributed by atoms with E-state index >= 15 is 0 Å². The molecule has 3 aromatic rings. The van der Waals surface area contributed by atoms with Crippen molar-refractivity contribution in [3.8, 4) is 11.3 Å². The zero-order chi connectivity index (χ0) is 18.7. The van der Waals surface area contributed by atoms with Crippen molar-refractivity contribution >= 4 is 40.6 Å². The highest BCUT2D eigenvalue weighted by atomic mass is 35.5. The lowest BCUT2D eigenvalue weighted by atomic mass is 10.1. The zero-order valence-electron chi connectivity index (χ0n) is 14.0. The average molecular weight is 408 g/mol. The predicted molar refractivity (Wildman–Crippen MR) is 109 cm³/mol. The second-order valence-corrected chi connectivity index (χ2v) is 7.13. The maximum absolute atomic E-state index is 6.22. The lowest BCUT2D eigenvalue weighted by Gasteiger charge is -2.14. The molecule has 0 spiro atoms. The van der Waals surface area contributed by atoms with Crippen LogP contribution >= 0.6 is 34.8 Å². The van der Waals surface area contributed by atoms with Crippen molar-refractivity contribution in [3.63, 3.8) is 0 Å². The van der Waals surface area contributed by atoms with Crippen molar-refractivity contribution in [2.75, 3.05) is 11.9 Å². The quantitative estimate of drug-likeness (QED) is 0.584. The number of hydrogen-bond acceptors (Lipinski definition) is 4. The number of anilines is 1. The van der Waals surface area contributed by atoms with Crippen LogP contribution in [0.3, 0.4) is 0 Å². The van der Waals surface area contributed by atoms with E-state index in [0.717, 1.165) is 22.4 Å². The molecule has 0 bridgehead atoms. The minimum absolute atomic E-state index is 0.253. The van der Waals surface area contributed by atoms with Gasteiger partial charge in [-0.3, -0.25) is 0 Å². The first-order valence-corrected chi connectivity index (χ1v) is 9.10. The second-order valence-electron chi connectivity index (χ2n) is 5.91. The molecule has 26 heavy (non-hydrogen) atoms. The lowest BCUT2D eigenvalue weighted by Crippen LogP contribution is -2.21. The standard InChI is InChI=1S/C19H17Cl3N4/c1-11-2-3-13(7-15(11)21)18-8-19(26-10-25-18)24-9-17(23)12-4-5-14(20)16(22)6-12/h2-8,10,17H,9,23H2,1H3,(H,24,25,26)/t17-/m1/s1. The summed E-state index contributed by atoms with van der Waals surface area (Å²) in [5.74, 6) is 0.683. The van der Waals surface area contributed by atoms with Crippen LogP contribution in [-0.2, 0) is 0 Å². The summed E-state index contributed by atoms with van der Waals surface area (Å²) in [6.07, 6.45) is 1.51. The number of halogens is 3. The van der Waals surface area contributed by atoms with Crippen molar-refractivity contribution in [2.45, 2.75) is 13.0 Å². The van der Waals surface area contributed by atoms with E-state index in [9.17, 15) is 0 Å². The highest BCUT2D eigenvalue weighted by Gasteiger charge is 2.10. The Bertz CT molecular complexity index is 930. The van der Waals surface area contributed by atoms with Crippen LogP contribution in [0.4, 0.5) is 5.82 Å². The van der Waals surface area contributed by atoms with E-state index in [0.29, 0.717) is 27.4 Å². The van der Waals surface area contributed by atoms with Gasteiger partial charge in [-0.25, -0.2) is 9.97 Å². The number of hydrogen-bond donors (Lipinski definition) is 2. The Kier molecular flexibility index (Phi) is 5.99. The number of aryl methyl sites for hydroxylation is 1. The molecule has 0 aliphatic carbocycles. The lowest BCUT2D eigenvalue weighted by molar-refractivity contribution is 0.761. The summed E-state index contributed by atoms with van der Waals surface area (Å²) in [6.45, 7) is 2.45. The molecule has 1 heterocycles. The number of nitrogens with one attached hydrogen (secondary N) is 1. The van der Waals surface area contributed by atoms with Crippen LogP contribution in [0.1, 0.15) is 17.2 Å². The van der Waals surface area contributed by atoms with E-state index in [1.165, 1.54) is 6.33 Å². The maximum Gasteiger partial charge on any atom is 0.130 e. The van der Waals surface area contributed by atoms with Crippen molar-refractivity contribution < 1.29 is 0 Å². The molecule has 0 saturated carbocycles. The topological polar surface area (TPSA) is 63.8 Å². The Labute approximate surface area is 167 Å². The first-order valence-electron chi connectivity index (χ1n) is 7.97. The van der Waals surface area contributed by atoms with Gasteiger partial charge in [-0.05, 0) is 36.2 Å². The SMILES string of the molecule is Cc1ccc(-c2cc(NC[C@@H](N)c3ccc(Cl)c(Cl)c3)ncn2)cc1Cl. The molecule has 0 unspecified atom stereocenters. The molecule has 4 nitrogen and oxygen atoms in total. The summed E-state index contributed by atoms with van der Waals surface area (Å²) in [5.41, 5.74) is 9.86. The summed E-state index contributed by atoms with van der Waals surface area (Å²) in [6, 6.07) is 12.8. The van der Waals surface area contributed by atoms with Crippen LogP contribution in [-0.4, -0.2) is 16.5 Å². The van der Waals surface area contributed by atoms with Gasteiger partial charge < -0.3 is 11.1 Å². The Morgan fingerprint density at radius 1 is 0.962 bits per heavy atom. The fraction of sp³-hybridized carbons (Fsp3) is 0.158. The third-order valence-corrected chi connectivity index (χ3v) is 5.16. The van der Waals surface area contributed by atoms with E-state index in [4.69, 9.17) is 40.5 Å². The first kappa shape index (κ1) is 18.9. The van der Waals surface area contributed by atoms with Gasteiger partial charge in [-0.15, -0.1) is 0 Å². The van der Waals surface area contributed by atoms with E-state index in [1.54, 1.807) is 12.1 Å². The minimum Gasteiger partial charge on any atom is -0.368 e. The minimum atomic E-state index is -0.253. The van der Waals surface area contributed by atoms with Gasteiger partial charge in [0.15, 0.2) is 0 Å². The van der Waals surface area contributed by atoms with E-state index in [1.807, 2.05) is 37.3 Å². The molecule has 1 aromatic heterocycles. The number of nitrogens with zero attached hydrogens (tertiary/aromatic N) is 2. The van der Waals surface area contributed by atoms with Gasteiger partial charge in [-0.1, -0.05) is 53.0 Å². The molecule has 0 saturated heterocycles. The Morgan fingerprint density at radius 3 is 2.50 bits per heavy atom. The van der Waals surface area contributed by atoms with Gasteiger partial charge >= 0.3 is 0 Å². The molecule has 0 radical (unpaired) electrons. The normalized spacial score (nSPS) is 12.0. The van der Waals surface area contributed by atoms with Gasteiger partial charge in [0.05, 0.1) is 15.7 Å². The monoisotopic (exact) mass is 406 g/mol. The highest BCUT2D eigenvalue weighted by molar-refractivity contribution is 6.42. The Morgan fingerprint density at radius 2 is 1.77 bits per heavy atom. The fourth-order valence-electron chi connectivity index (χ4n) is 2.44. The molecular formula is C19H17Cl3N4. The van der Waals surface area contributed by atoms with Gasteiger partial charge in [0.25, 0.3) is 0 Å². The van der Waals surface area contributed by atoms with Crippen LogP contribution in [0, 0.1) is 6.92 Å². The molecule has 7 heteroatoms. The van der Waals surface area contributed by atoms with Gasteiger partial charge in [0.1, 0.15) is 12.1 Å². The smallest absolute Gasteiger partial charge is 0.130 e. The molecule has 134 valence electrons. The van der Waals surface area contributed by atoms with Crippen molar-refractivity contribution in [2.24, 2.45) is 5.73 Å². The molecule has 3 N–H and O–H groups in total. The molecule has 1 atom stereocenters. The fourth-order valence-corrected chi connectivity index (χ4v) is 2.93. The zero-order valence-corrected chi connectivity index (χ0v) is 16.3. The summed E-state index contributed by atoms with van der Waals surface area (Å²) in [5, 5.41) is 4.93. The van der Waals surface area contributed by atoms with Crippen LogP contribution < -0.4 is 11.1 Å². The number of rotatable bonds is 5. The average Bonchev–Trinajstić information content (AvgIpc) is 2.64. The van der Waals surface area contributed by atoms with Crippen molar-refractivity contribution in [3.05, 3.63) is 75.0 Å². The van der Waals surface area contributed by atoms with Crippen LogP contribution in [0.15, 0.2) is 48.8 Å². The largest absolute Gasteiger partial charge is 0.368 e. The molecule has 0 aliphatic heterocycles. The number of benzene rings is 2. The van der Waals surface area contributed by atoms with E-state index in [2.05, 4.69) is 15.3 Å². The van der Waals surface area contributed by atoms with Crippen LogP contribution in [0.25, 0.3) is 11.3 Å². The van der Waals surface area contributed by atoms with Gasteiger partial charge in [0.2, 0.25) is 0 Å². The Balaban J connectivity index is 1.72. The third-order valence-electron chi connectivity index (χ3n) is 4.01. The summed E-state index contributed by atoms with van der Waals surface area (Å²) in [4.78, 5) is 8.56. The molecule has 3 rings (SSSR count). The predicted octanol–water partition coefficient (Wildman–Crippen LogP) is 5.52. The molecule has 0 amide bonds. The third kappa shape index (κ3) is 4.46. The van der Waals surface area contributed by atoms with E-state index in [-0.39, 0.29) is 6.04 Å². The summed E-state index contributed by atoms with van der Waals surface area (Å²) >= 11 is 18.2. The van der Waals surface area contributed by atoms with E-state index < -0.39 is 0 Å². The van der Waals surface area contributed by atoms with Crippen LogP contribution in [0.2, 0.25) is 15.1 Å². The summed E-state index contributed by atoms with van der Waals surface area (Å²) in [7, 11) is 0. The molecule has 2 aromatic carbocycles.